The van der Waals surface area contributed by atoms with Gasteiger partial charge in [-0.1, -0.05) is 48.6 Å². The molecule has 35 heteroatoms. The summed E-state index contributed by atoms with van der Waals surface area (Å²) in [5.41, 5.74) is 21.1. The van der Waals surface area contributed by atoms with Crippen LogP contribution in [0.2, 0.25) is 0 Å². The van der Waals surface area contributed by atoms with Gasteiger partial charge in [-0.25, -0.2) is 34.3 Å². The Labute approximate surface area is 868 Å². The van der Waals surface area contributed by atoms with Crippen molar-refractivity contribution in [3.8, 4) is 67.9 Å². The molecule has 3 saturated carbocycles. The van der Waals surface area contributed by atoms with Gasteiger partial charge in [0.1, 0.15) is 37.1 Å². The van der Waals surface area contributed by atoms with Gasteiger partial charge in [0.25, 0.3) is 0 Å². The lowest BCUT2D eigenvalue weighted by molar-refractivity contribution is -0.133. The predicted molar refractivity (Wildman–Crippen MR) is 579 cm³/mol. The number of aromatic nitrogens is 16. The number of rotatable bonds is 27. The lowest BCUT2D eigenvalue weighted by Gasteiger charge is -2.33. The number of hydrogen-bond donors (Lipinski definition) is 6. The number of carbonyl (C=O) groups excluding carboxylic acids is 6. The Morgan fingerprint density at radius 3 is 1.11 bits per heavy atom. The van der Waals surface area contributed by atoms with Crippen molar-refractivity contribution in [2.75, 3.05) is 133 Å². The summed E-state index contributed by atoms with van der Waals surface area (Å²) in [5.74, 6) is 3.71. The van der Waals surface area contributed by atoms with E-state index >= 15 is 4.39 Å². The molecule has 16 heterocycles. The minimum absolute atomic E-state index is 0.00792. The fourth-order valence-electron chi connectivity index (χ4n) is 21.1. The first kappa shape index (κ1) is 98.2. The number of fused-ring (bicyclic) bond motifs is 3. The summed E-state index contributed by atoms with van der Waals surface area (Å²) in [5, 5.41) is 35.6. The van der Waals surface area contributed by atoms with Crippen molar-refractivity contribution in [3.05, 3.63) is 278 Å². The third kappa shape index (κ3) is 21.7. The lowest BCUT2D eigenvalue weighted by Crippen LogP contribution is -2.46. The monoisotopic (exact) mass is 2030 g/mol. The van der Waals surface area contributed by atoms with E-state index in [4.69, 9.17) is 0 Å². The number of benzene rings is 5. The Balaban J connectivity index is 0.000000126. The summed E-state index contributed by atoms with van der Waals surface area (Å²) >= 11 is 4.66. The van der Waals surface area contributed by atoms with Crippen LogP contribution >= 0.6 is 35.3 Å². The van der Waals surface area contributed by atoms with E-state index in [0.29, 0.717) is 156 Å². The van der Waals surface area contributed by atoms with Crippen molar-refractivity contribution in [1.29, 1.82) is 0 Å². The average Bonchev–Trinajstić information content (AvgIpc) is 1.64. The highest BCUT2D eigenvalue weighted by atomic mass is 32.2. The second kappa shape index (κ2) is 43.1. The van der Waals surface area contributed by atoms with Crippen LogP contribution in [0.15, 0.2) is 238 Å². The van der Waals surface area contributed by atoms with Crippen LogP contribution in [0.5, 0.6) is 0 Å². The first-order valence-corrected chi connectivity index (χ1v) is 54.5. The molecule has 0 unspecified atom stereocenters. The van der Waals surface area contributed by atoms with Gasteiger partial charge in [-0.2, -0.15) is 15.3 Å². The van der Waals surface area contributed by atoms with E-state index in [-0.39, 0.29) is 47.8 Å². The zero-order valence-corrected chi connectivity index (χ0v) is 85.1. The molecule has 0 bridgehead atoms. The van der Waals surface area contributed by atoms with E-state index in [0.717, 1.165) is 161 Å². The van der Waals surface area contributed by atoms with Gasteiger partial charge in [0.2, 0.25) is 35.4 Å². The number of carbonyl (C=O) groups is 6. The van der Waals surface area contributed by atoms with E-state index in [1.165, 1.54) is 61.9 Å². The molecule has 24 rings (SSSR count). The third-order valence-electron chi connectivity index (χ3n) is 30.3. The summed E-state index contributed by atoms with van der Waals surface area (Å²) < 4.78 is 13.2. The van der Waals surface area contributed by atoms with Gasteiger partial charge in [-0.15, -0.1) is 35.3 Å². The Bertz CT molecular complexity index is 7530. The number of amides is 6. The zero-order valence-electron chi connectivity index (χ0n) is 82.7. The smallest absolute Gasteiger partial charge is 0.241 e. The maximum Gasteiger partial charge on any atom is 0.241 e. The van der Waals surface area contributed by atoms with Crippen LogP contribution < -0.4 is 16.0 Å². The van der Waals surface area contributed by atoms with Crippen molar-refractivity contribution in [2.24, 2.45) is 0 Å². The minimum Gasteiger partial charge on any atom is -0.342 e. The fraction of sp³-hybridized carbons (Fsp3) is 0.336. The number of likely N-dealkylation sites (tertiary alicyclic amines) is 4. The molecule has 15 aromatic rings. The Kier molecular flexibility index (Phi) is 28.6. The van der Waals surface area contributed by atoms with E-state index in [9.17, 15) is 28.8 Å². The van der Waals surface area contributed by atoms with Crippen LogP contribution in [0, 0.1) is 5.82 Å². The molecule has 6 amide bonds. The molecule has 9 aliphatic rings. The highest BCUT2D eigenvalue weighted by molar-refractivity contribution is 8.01. The van der Waals surface area contributed by atoms with E-state index in [2.05, 4.69) is 160 Å². The zero-order chi connectivity index (χ0) is 101. The maximum absolute atomic E-state index is 15.1. The van der Waals surface area contributed by atoms with Gasteiger partial charge in [0.05, 0.1) is 41.9 Å². The first-order chi connectivity index (χ1) is 72.3. The maximum atomic E-state index is 15.1. The largest absolute Gasteiger partial charge is 0.342 e. The number of H-pyrrole nitrogens is 3. The molecule has 31 nitrogen and oxygen atoms in total. The van der Waals surface area contributed by atoms with Crippen molar-refractivity contribution in [3.63, 3.8) is 0 Å². The van der Waals surface area contributed by atoms with E-state index in [1.807, 2.05) is 150 Å². The molecule has 0 radical (unpaired) electrons. The number of anilines is 3. The van der Waals surface area contributed by atoms with Crippen LogP contribution in [-0.4, -0.2) is 276 Å². The summed E-state index contributed by atoms with van der Waals surface area (Å²) in [6.45, 7) is 8.04. The van der Waals surface area contributed by atoms with Crippen LogP contribution in [0.3, 0.4) is 0 Å². The number of piperidine rings is 1. The van der Waals surface area contributed by atoms with Gasteiger partial charge >= 0.3 is 0 Å². The summed E-state index contributed by atoms with van der Waals surface area (Å²) in [6.07, 6.45) is 39.8. The first-order valence-electron chi connectivity index (χ1n) is 50.8. The Morgan fingerprint density at radius 1 is 0.365 bits per heavy atom. The van der Waals surface area contributed by atoms with Crippen molar-refractivity contribution in [2.45, 2.75) is 121 Å². The Hall–Kier alpha value is -14.5. The van der Waals surface area contributed by atoms with Gasteiger partial charge in [0.15, 0.2) is 17.5 Å². The number of aromatic amines is 3. The second-order valence-electron chi connectivity index (χ2n) is 39.8. The predicted octanol–water partition coefficient (Wildman–Crippen LogP) is 17.7. The summed E-state index contributed by atoms with van der Waals surface area (Å²) in [6, 6.07) is 52.8. The molecule has 0 spiro atoms. The lowest BCUT2D eigenvalue weighted by atomic mass is 9.89. The molecular weight excluding hydrogens is 1920 g/mol. The normalized spacial score (nSPS) is 19.7. The molecule has 4 saturated heterocycles. The number of halogens is 1. The van der Waals surface area contributed by atoms with Gasteiger partial charge in [0, 0.05) is 248 Å². The number of hydrogen-bond acceptors (Lipinski definition) is 25. The molecule has 6 aliphatic heterocycles. The number of nitrogens with zero attached hydrogens (tertiary/aromatic N) is 19. The highest BCUT2D eigenvalue weighted by Gasteiger charge is 2.49. The SMILES string of the molecule is CS[C@@]1(C(=O)Nc2ccc3[nH]nc(-c4ccnc(C5CC5)c4)c3c2)CCN(CC(=O)N2CC=C(c3ccc(-c4ncccn4)cc3F)CC2)C1.CS[C@@]1(C(=O)Nc2ccc3[nH]nc(-c4ccnc(C5CC5)c4)c3c2)CCN(CC(=O)N2CC=C(c3ccc(-c4ncccn4)cn3)CC2)C1.CS[C@@]1(C(=O)Nc2ccc3[nH]nc(-c4ccnc(C5CC5)c4)c3c2)CCN(CC(=O)N2CCC(c3ccc(-c4ncccn4)cc3)CC2)C1. The fourth-order valence-corrected chi connectivity index (χ4v) is 23.6. The van der Waals surface area contributed by atoms with Crippen LogP contribution in [0.4, 0.5) is 21.5 Å². The second-order valence-corrected chi connectivity index (χ2v) is 43.4. The van der Waals surface area contributed by atoms with Crippen molar-refractivity contribution < 1.29 is 33.2 Å². The van der Waals surface area contributed by atoms with E-state index in [1.54, 1.807) is 90.0 Å². The number of nitrogens with one attached hydrogen (secondary N) is 6. The van der Waals surface area contributed by atoms with Crippen molar-refractivity contribution in [1.82, 2.24) is 110 Å². The quantitative estimate of drug-likeness (QED) is 0.0278. The van der Waals surface area contributed by atoms with Crippen LogP contribution in [0.1, 0.15) is 141 Å². The van der Waals surface area contributed by atoms with Crippen molar-refractivity contribution >= 4 is 132 Å². The molecule has 3 atom stereocenters. The Morgan fingerprint density at radius 2 is 0.743 bits per heavy atom. The number of pyridine rings is 4. The molecule has 148 heavy (non-hydrogen) atoms. The standard InChI is InChI=1S/C38H37FN8O2S.C38H40N8O2S.C37H37N9O2S/c1-50-38(37(49)43-28-6-8-32-30(21-28)35(45-44-32)26-9-15-40-33(20-26)25-3-4-25)12-18-46(23-38)22-34(48)47-16-10-24(11-17-47)29-7-5-27(19-31(29)39)36-41-13-2-14-42-36;1-49-38(37(48)42-30-9-10-32-31(22-30)35(44-43-32)29-11-17-39-33(21-29)27-5-6-27)14-20-45(24-38)23-34(47)46-18-12-26(13-19-46)25-3-7-28(8-4-25)36-40-15-2-16-41-36;1-49-37(36(48)42-28-6-8-31-29(20-28)34(44-43-31)26-9-15-38-32(19-26)24-3-4-24)12-18-45(23-37)22-33(47)46-16-10-25(11-17-46)30-7-5-27(21-41-30)35-39-13-2-14-40-35/h2,5-10,13-15,19-21,25H,3-4,11-12,16-18,22-23H2,1H3,(H,43,49)(H,44,45);2-4,7-11,15-17,21-22,26-27H,5-6,12-14,18-20,23-24H2,1H3,(H,42,48)(H,43,44);2,5-10,13-15,19-21,24H,3-4,11-12,16-18,22-23H2,1H3,(H,42,48)(H,43,44)/t2*38-;37-/m000/s1. The van der Waals surface area contributed by atoms with Crippen LogP contribution in [0.25, 0.3) is 112 Å². The highest BCUT2D eigenvalue weighted by Crippen LogP contribution is 2.47. The van der Waals surface area contributed by atoms with Crippen LogP contribution in [-0.2, 0) is 28.8 Å². The van der Waals surface area contributed by atoms with Gasteiger partial charge in [-0.3, -0.25) is 78.7 Å². The van der Waals surface area contributed by atoms with Gasteiger partial charge < -0.3 is 30.7 Å². The molecule has 6 N–H and O–H groups in total. The summed E-state index contributed by atoms with van der Waals surface area (Å²) in [7, 11) is 0. The summed E-state index contributed by atoms with van der Waals surface area (Å²) in [4.78, 5) is 138. The molecule has 5 aromatic carbocycles. The molecule has 3 aliphatic carbocycles. The average molecular weight is 2030 g/mol. The third-order valence-corrected chi connectivity index (χ3v) is 34.2. The topological polar surface area (TPSA) is 373 Å². The minimum atomic E-state index is -0.678. The molecule has 7 fully saturated rings. The molecular formula is C113H114FN25O6S3. The molecule has 10 aromatic heterocycles. The van der Waals surface area contributed by atoms with Gasteiger partial charge in [-0.05, 0) is 252 Å². The number of thioether (sulfide) groups is 3. The van der Waals surface area contributed by atoms with E-state index < -0.39 is 14.2 Å². The molecule has 752 valence electrons.